The van der Waals surface area contributed by atoms with Gasteiger partial charge in [-0.2, -0.15) is 8.78 Å². The number of nitrogens with zero attached hydrogens (tertiary/aromatic N) is 4. The van der Waals surface area contributed by atoms with Crippen molar-refractivity contribution in [1.29, 1.82) is 0 Å². The second-order valence-corrected chi connectivity index (χ2v) is 6.61. The van der Waals surface area contributed by atoms with Crippen LogP contribution in [-0.4, -0.2) is 66.4 Å². The van der Waals surface area contributed by atoms with E-state index in [1.54, 1.807) is 18.2 Å². The number of aromatic nitrogens is 4. The number of para-hydroxylation sites is 1. The molecule has 0 unspecified atom stereocenters. The fraction of sp³-hybridized carbons (Fsp3) is 0.389. The van der Waals surface area contributed by atoms with Gasteiger partial charge in [-0.05, 0) is 6.07 Å². The van der Waals surface area contributed by atoms with Crippen LogP contribution in [-0.2, 0) is 11.3 Å². The minimum Gasteiger partial charge on any atom is -0.434 e. The number of alkyl halides is 2. The number of rotatable bonds is 7. The van der Waals surface area contributed by atoms with E-state index in [1.165, 1.54) is 23.3 Å². The summed E-state index contributed by atoms with van der Waals surface area (Å²) in [6, 6.07) is 6.37. The van der Waals surface area contributed by atoms with Gasteiger partial charge >= 0.3 is 6.61 Å². The summed E-state index contributed by atoms with van der Waals surface area (Å²) in [7, 11) is 0. The molecule has 0 amide bonds. The summed E-state index contributed by atoms with van der Waals surface area (Å²) in [6.07, 6.45) is -1.84. The van der Waals surface area contributed by atoms with Gasteiger partial charge in [0.1, 0.15) is 30.4 Å². The van der Waals surface area contributed by atoms with Crippen LogP contribution in [0.25, 0.3) is 11.2 Å². The van der Waals surface area contributed by atoms with Crippen molar-refractivity contribution in [2.75, 3.05) is 11.9 Å². The first-order valence-electron chi connectivity index (χ1n) is 9.06. The summed E-state index contributed by atoms with van der Waals surface area (Å²) >= 11 is 0. The number of hydrogen-bond donors (Lipinski definition) is 4. The summed E-state index contributed by atoms with van der Waals surface area (Å²) < 4.78 is 36.7. The molecule has 12 heteroatoms. The van der Waals surface area contributed by atoms with Crippen LogP contribution in [0.4, 0.5) is 14.6 Å². The lowest BCUT2D eigenvalue weighted by Gasteiger charge is -2.16. The summed E-state index contributed by atoms with van der Waals surface area (Å²) in [5, 5.41) is 32.5. The molecule has 1 fully saturated rings. The van der Waals surface area contributed by atoms with Gasteiger partial charge in [0, 0.05) is 12.1 Å². The van der Waals surface area contributed by atoms with Crippen LogP contribution in [0, 0.1) is 0 Å². The molecule has 2 aromatic heterocycles. The molecule has 4 atom stereocenters. The Bertz CT molecular complexity index is 1020. The molecular weight excluding hydrogens is 404 g/mol. The molecule has 0 bridgehead atoms. The van der Waals surface area contributed by atoms with Gasteiger partial charge in [-0.1, -0.05) is 18.2 Å². The van der Waals surface area contributed by atoms with Crippen LogP contribution in [0.3, 0.4) is 0 Å². The van der Waals surface area contributed by atoms with E-state index in [9.17, 15) is 24.1 Å². The molecule has 4 rings (SSSR count). The van der Waals surface area contributed by atoms with Crippen molar-refractivity contribution in [2.24, 2.45) is 0 Å². The molecule has 160 valence electrons. The Morgan fingerprint density at radius 3 is 2.70 bits per heavy atom. The van der Waals surface area contributed by atoms with Gasteiger partial charge in [-0.3, -0.25) is 4.57 Å². The molecule has 1 saturated heterocycles. The molecule has 0 radical (unpaired) electrons. The molecule has 0 saturated carbocycles. The number of benzene rings is 1. The third-order valence-corrected chi connectivity index (χ3v) is 4.79. The largest absolute Gasteiger partial charge is 0.434 e. The Hall–Kier alpha value is -2.93. The molecule has 0 spiro atoms. The van der Waals surface area contributed by atoms with Crippen molar-refractivity contribution in [3.05, 3.63) is 42.5 Å². The van der Waals surface area contributed by atoms with Gasteiger partial charge in [-0.25, -0.2) is 15.0 Å². The van der Waals surface area contributed by atoms with Gasteiger partial charge in [0.15, 0.2) is 23.2 Å². The highest BCUT2D eigenvalue weighted by Gasteiger charge is 2.44. The van der Waals surface area contributed by atoms with E-state index >= 15 is 0 Å². The Morgan fingerprint density at radius 2 is 1.97 bits per heavy atom. The van der Waals surface area contributed by atoms with Gasteiger partial charge in [0.2, 0.25) is 0 Å². The molecule has 10 nitrogen and oxygen atoms in total. The number of anilines is 1. The van der Waals surface area contributed by atoms with Gasteiger partial charge in [0.25, 0.3) is 0 Å². The number of hydrogen-bond acceptors (Lipinski definition) is 9. The topological polar surface area (TPSA) is 135 Å². The quantitative estimate of drug-likeness (QED) is 0.432. The Kier molecular flexibility index (Phi) is 5.72. The van der Waals surface area contributed by atoms with Crippen molar-refractivity contribution in [3.63, 3.8) is 0 Å². The van der Waals surface area contributed by atoms with Gasteiger partial charge < -0.3 is 30.1 Å². The number of halogens is 2. The highest BCUT2D eigenvalue weighted by molar-refractivity contribution is 5.82. The van der Waals surface area contributed by atoms with Crippen molar-refractivity contribution >= 4 is 17.0 Å². The van der Waals surface area contributed by atoms with E-state index in [0.717, 1.165) is 0 Å². The summed E-state index contributed by atoms with van der Waals surface area (Å²) in [5.74, 6) is 0.375. The average Bonchev–Trinajstić information content (AvgIpc) is 3.28. The number of aliphatic hydroxyl groups excluding tert-OH is 3. The normalized spacial score (nSPS) is 23.9. The standard InChI is InChI=1S/C18H19F2N5O5/c19-18(20)30-10-4-2-1-3-9(10)5-21-15-12-16(23-7-22-15)25(8-24-12)17-14(28)13(27)11(6-26)29-17/h1-4,7-8,11,13-14,17-18,26-28H,5-6H2,(H,21,22,23)/t11-,13-,14-,17-/m1/s1. The predicted octanol–water partition coefficient (Wildman–Crippen LogP) is 0.651. The zero-order valence-corrected chi connectivity index (χ0v) is 15.5. The van der Waals surface area contributed by atoms with Crippen LogP contribution in [0.5, 0.6) is 5.75 Å². The van der Waals surface area contributed by atoms with Crippen molar-refractivity contribution in [3.8, 4) is 5.75 Å². The van der Waals surface area contributed by atoms with Crippen LogP contribution in [0.2, 0.25) is 0 Å². The Labute approximate surface area is 168 Å². The van der Waals surface area contributed by atoms with Crippen molar-refractivity contribution in [1.82, 2.24) is 19.5 Å². The monoisotopic (exact) mass is 423 g/mol. The predicted molar refractivity (Wildman–Crippen MR) is 98.7 cm³/mol. The molecule has 1 aromatic carbocycles. The zero-order valence-electron chi connectivity index (χ0n) is 15.5. The zero-order chi connectivity index (χ0) is 21.3. The molecule has 30 heavy (non-hydrogen) atoms. The van der Waals surface area contributed by atoms with E-state index in [1.807, 2.05) is 0 Å². The lowest BCUT2D eigenvalue weighted by Crippen LogP contribution is -2.33. The number of imidazole rings is 1. The second-order valence-electron chi connectivity index (χ2n) is 6.61. The number of ether oxygens (including phenoxy) is 2. The third-order valence-electron chi connectivity index (χ3n) is 4.79. The van der Waals surface area contributed by atoms with E-state index in [2.05, 4.69) is 25.0 Å². The summed E-state index contributed by atoms with van der Waals surface area (Å²) in [5.41, 5.74) is 1.16. The van der Waals surface area contributed by atoms with Crippen LogP contribution >= 0.6 is 0 Å². The molecule has 3 aromatic rings. The number of aliphatic hydroxyl groups is 3. The Balaban J connectivity index is 1.58. The first kappa shape index (κ1) is 20.3. The summed E-state index contributed by atoms with van der Waals surface area (Å²) in [6.45, 7) is -3.26. The first-order valence-corrected chi connectivity index (χ1v) is 9.06. The average molecular weight is 423 g/mol. The minimum absolute atomic E-state index is 0.0438. The molecular formula is C18H19F2N5O5. The van der Waals surface area contributed by atoms with E-state index in [4.69, 9.17) is 4.74 Å². The van der Waals surface area contributed by atoms with E-state index in [-0.39, 0.29) is 12.3 Å². The third kappa shape index (κ3) is 3.77. The van der Waals surface area contributed by atoms with Gasteiger partial charge in [0.05, 0.1) is 12.9 Å². The summed E-state index contributed by atoms with van der Waals surface area (Å²) in [4.78, 5) is 12.5. The van der Waals surface area contributed by atoms with E-state index in [0.29, 0.717) is 22.5 Å². The number of fused-ring (bicyclic) bond motifs is 1. The second kappa shape index (κ2) is 8.44. The van der Waals surface area contributed by atoms with Crippen molar-refractivity contribution < 1.29 is 33.6 Å². The van der Waals surface area contributed by atoms with E-state index < -0.39 is 37.8 Å². The highest BCUT2D eigenvalue weighted by atomic mass is 19.3. The van der Waals surface area contributed by atoms with Crippen LogP contribution in [0.1, 0.15) is 11.8 Å². The maximum Gasteiger partial charge on any atom is 0.387 e. The maximum absolute atomic E-state index is 12.6. The van der Waals surface area contributed by atoms with Crippen LogP contribution in [0.15, 0.2) is 36.9 Å². The molecule has 1 aliphatic rings. The Morgan fingerprint density at radius 1 is 1.17 bits per heavy atom. The highest BCUT2D eigenvalue weighted by Crippen LogP contribution is 2.32. The molecule has 0 aliphatic carbocycles. The minimum atomic E-state index is -2.94. The SMILES string of the molecule is OC[C@H]1O[C@@H](n2cnc3c(NCc4ccccc4OC(F)F)ncnc32)[C@H](O)[C@@H]1O. The molecule has 4 N–H and O–H groups in total. The fourth-order valence-electron chi connectivity index (χ4n) is 3.32. The molecule has 3 heterocycles. The first-order chi connectivity index (χ1) is 14.5. The van der Waals surface area contributed by atoms with Crippen molar-refractivity contribution in [2.45, 2.75) is 37.7 Å². The lowest BCUT2D eigenvalue weighted by molar-refractivity contribution is -0.0511. The maximum atomic E-state index is 12.6. The van der Waals surface area contributed by atoms with Crippen LogP contribution < -0.4 is 10.1 Å². The lowest BCUT2D eigenvalue weighted by atomic mass is 10.1. The number of nitrogens with one attached hydrogen (secondary N) is 1. The smallest absolute Gasteiger partial charge is 0.387 e. The van der Waals surface area contributed by atoms with Gasteiger partial charge in [-0.15, -0.1) is 0 Å². The molecule has 1 aliphatic heterocycles. The fourth-order valence-corrected chi connectivity index (χ4v) is 3.32.